The number of thiazole rings is 1. The number of urea groups is 1. The lowest BCUT2D eigenvalue weighted by atomic mass is 10.0. The zero-order chi connectivity index (χ0) is 22.8. The van der Waals surface area contributed by atoms with Crippen molar-refractivity contribution in [1.29, 1.82) is 0 Å². The van der Waals surface area contributed by atoms with Gasteiger partial charge in [-0.3, -0.25) is 0 Å². The third-order valence-corrected chi connectivity index (χ3v) is 6.57. The number of amides is 2. The summed E-state index contributed by atoms with van der Waals surface area (Å²) in [5.41, 5.74) is 5.38. The van der Waals surface area contributed by atoms with Gasteiger partial charge in [0.15, 0.2) is 0 Å². The number of carbonyl (C=O) groups is 1. The Bertz CT molecular complexity index is 1190. The molecule has 32 heavy (non-hydrogen) atoms. The van der Waals surface area contributed by atoms with Crippen molar-refractivity contribution in [2.45, 2.75) is 38.8 Å². The first kappa shape index (κ1) is 21.9. The first-order valence-corrected chi connectivity index (χ1v) is 11.5. The molecule has 1 aliphatic carbocycles. The summed E-state index contributed by atoms with van der Waals surface area (Å²) in [7, 11) is 3.51. The first-order valence-electron chi connectivity index (χ1n) is 10.7. The summed E-state index contributed by atoms with van der Waals surface area (Å²) < 4.78 is 5.81. The van der Waals surface area contributed by atoms with Crippen LogP contribution in [0.25, 0.3) is 21.0 Å². The number of hydrogen-bond donors (Lipinski definition) is 1. The molecule has 3 aromatic rings. The predicted octanol–water partition coefficient (Wildman–Crippen LogP) is 5.50. The second-order valence-electron chi connectivity index (χ2n) is 8.36. The molecule has 0 saturated heterocycles. The minimum Gasteiger partial charge on any atom is -0.490 e. The summed E-state index contributed by atoms with van der Waals surface area (Å²) in [5, 5.41) is 4.04. The minimum absolute atomic E-state index is 0.0407. The average molecular weight is 446 g/mol. The molecule has 6 heteroatoms. The molecule has 1 heterocycles. The fourth-order valence-electron chi connectivity index (χ4n) is 3.98. The molecule has 1 aromatic heterocycles. The molecular weight excluding hydrogens is 418 g/mol. The van der Waals surface area contributed by atoms with E-state index in [0.29, 0.717) is 0 Å². The Labute approximate surface area is 193 Å². The van der Waals surface area contributed by atoms with Gasteiger partial charge in [0, 0.05) is 25.9 Å². The molecule has 0 saturated carbocycles. The highest BCUT2D eigenvalue weighted by molar-refractivity contribution is 7.18. The van der Waals surface area contributed by atoms with E-state index in [4.69, 9.17) is 11.2 Å². The van der Waals surface area contributed by atoms with Gasteiger partial charge in [-0.2, -0.15) is 0 Å². The summed E-state index contributed by atoms with van der Waals surface area (Å²) in [5.74, 6) is 3.44. The molecule has 4 rings (SSSR count). The van der Waals surface area contributed by atoms with E-state index in [0.717, 1.165) is 39.6 Å². The lowest BCUT2D eigenvalue weighted by Crippen LogP contribution is -2.36. The van der Waals surface area contributed by atoms with Crippen molar-refractivity contribution in [2.24, 2.45) is 0 Å². The Balaban J connectivity index is 1.62. The number of aromatic nitrogens is 1. The zero-order valence-electron chi connectivity index (χ0n) is 18.8. The van der Waals surface area contributed by atoms with E-state index in [9.17, 15) is 4.79 Å². The van der Waals surface area contributed by atoms with Crippen LogP contribution in [0.3, 0.4) is 0 Å². The lowest BCUT2D eigenvalue weighted by Gasteiger charge is -2.18. The minimum atomic E-state index is -0.0671. The van der Waals surface area contributed by atoms with Gasteiger partial charge in [-0.1, -0.05) is 24.1 Å². The second kappa shape index (κ2) is 9.05. The first-order chi connectivity index (χ1) is 15.4. The van der Waals surface area contributed by atoms with Gasteiger partial charge in [-0.05, 0) is 61.6 Å². The number of terminal acetylenes is 1. The number of benzene rings is 2. The third-order valence-electron chi connectivity index (χ3n) is 5.49. The molecule has 0 unspecified atom stereocenters. The van der Waals surface area contributed by atoms with Crippen LogP contribution in [0.1, 0.15) is 43.0 Å². The van der Waals surface area contributed by atoms with Gasteiger partial charge in [-0.25, -0.2) is 9.78 Å². The van der Waals surface area contributed by atoms with Crippen molar-refractivity contribution < 1.29 is 9.53 Å². The van der Waals surface area contributed by atoms with Crippen molar-refractivity contribution >= 4 is 17.4 Å². The molecule has 2 amide bonds. The van der Waals surface area contributed by atoms with Crippen LogP contribution in [0.5, 0.6) is 5.75 Å². The number of hydrogen-bond acceptors (Lipinski definition) is 4. The van der Waals surface area contributed by atoms with Crippen LogP contribution in [0.2, 0.25) is 0 Å². The van der Waals surface area contributed by atoms with Gasteiger partial charge in [-0.15, -0.1) is 17.8 Å². The Morgan fingerprint density at radius 3 is 2.84 bits per heavy atom. The van der Waals surface area contributed by atoms with Gasteiger partial charge >= 0.3 is 6.03 Å². The Morgan fingerprint density at radius 2 is 2.12 bits per heavy atom. The van der Waals surface area contributed by atoms with Crippen molar-refractivity contribution in [3.05, 3.63) is 59.3 Å². The summed E-state index contributed by atoms with van der Waals surface area (Å²) in [6.45, 7) is 3.96. The molecule has 5 nitrogen and oxygen atoms in total. The van der Waals surface area contributed by atoms with Gasteiger partial charge in [0.2, 0.25) is 0 Å². The number of nitrogens with one attached hydrogen (secondary N) is 1. The van der Waals surface area contributed by atoms with E-state index in [1.165, 1.54) is 16.7 Å². The van der Waals surface area contributed by atoms with E-state index in [2.05, 4.69) is 34.4 Å². The summed E-state index contributed by atoms with van der Waals surface area (Å²) in [4.78, 5) is 19.5. The molecule has 2 aromatic carbocycles. The molecule has 0 fully saturated rings. The second-order valence-corrected chi connectivity index (χ2v) is 9.39. The highest BCUT2D eigenvalue weighted by atomic mass is 32.1. The molecule has 1 aliphatic rings. The van der Waals surface area contributed by atoms with E-state index >= 15 is 0 Å². The summed E-state index contributed by atoms with van der Waals surface area (Å²) in [6.07, 6.45) is 9.54. The maximum Gasteiger partial charge on any atom is 0.317 e. The van der Waals surface area contributed by atoms with Gasteiger partial charge in [0.05, 0.1) is 22.6 Å². The largest absolute Gasteiger partial charge is 0.490 e. The summed E-state index contributed by atoms with van der Waals surface area (Å²) in [6, 6.07) is 12.2. The van der Waals surface area contributed by atoms with E-state index in [1.807, 2.05) is 38.2 Å². The van der Waals surface area contributed by atoms with Gasteiger partial charge < -0.3 is 15.0 Å². The highest BCUT2D eigenvalue weighted by Gasteiger charge is 2.27. The molecule has 0 spiro atoms. The van der Waals surface area contributed by atoms with Crippen LogP contribution in [-0.2, 0) is 6.42 Å². The summed E-state index contributed by atoms with van der Waals surface area (Å²) >= 11 is 1.65. The SMILES string of the molecule is C#Cc1cc(-c2ncc(-c3cccc4c3CC[C@@H]4NC(=O)N(C)C)s2)ccc1OC(C)C. The van der Waals surface area contributed by atoms with Crippen molar-refractivity contribution in [3.8, 4) is 39.1 Å². The molecule has 1 atom stereocenters. The molecule has 0 aliphatic heterocycles. The maximum absolute atomic E-state index is 12.1. The van der Waals surface area contributed by atoms with Crippen molar-refractivity contribution in [3.63, 3.8) is 0 Å². The highest BCUT2D eigenvalue weighted by Crippen LogP contribution is 2.41. The van der Waals surface area contributed by atoms with E-state index < -0.39 is 0 Å². The Morgan fingerprint density at radius 1 is 1.31 bits per heavy atom. The van der Waals surface area contributed by atoms with Crippen LogP contribution in [0.15, 0.2) is 42.6 Å². The standard InChI is InChI=1S/C26H27N3O2S/c1-6-17-14-18(10-13-23(17)31-16(2)3)25-27-15-24(32-25)21-9-7-8-20-19(21)11-12-22(20)28-26(30)29(4)5/h1,7-10,13-16,22H,11-12H2,2-5H3,(H,28,30)/t22-/m0/s1. The molecule has 0 radical (unpaired) electrons. The molecule has 0 bridgehead atoms. The van der Waals surface area contributed by atoms with Crippen molar-refractivity contribution in [2.75, 3.05) is 14.1 Å². The van der Waals surface area contributed by atoms with Crippen LogP contribution in [0, 0.1) is 12.3 Å². The number of nitrogens with zero attached hydrogens (tertiary/aromatic N) is 2. The average Bonchev–Trinajstić information content (AvgIpc) is 3.41. The normalized spacial score (nSPS) is 14.7. The Kier molecular flexibility index (Phi) is 6.20. The smallest absolute Gasteiger partial charge is 0.317 e. The number of ether oxygens (including phenoxy) is 1. The quantitative estimate of drug-likeness (QED) is 0.527. The molecule has 164 valence electrons. The van der Waals surface area contributed by atoms with Crippen LogP contribution in [0.4, 0.5) is 4.79 Å². The third kappa shape index (κ3) is 4.35. The van der Waals surface area contributed by atoms with E-state index in [1.54, 1.807) is 30.3 Å². The zero-order valence-corrected chi connectivity index (χ0v) is 19.6. The van der Waals surface area contributed by atoms with Gasteiger partial charge in [0.1, 0.15) is 10.8 Å². The monoisotopic (exact) mass is 445 g/mol. The molecule has 1 N–H and O–H groups in total. The number of rotatable bonds is 5. The van der Waals surface area contributed by atoms with Crippen LogP contribution in [-0.4, -0.2) is 36.1 Å². The maximum atomic E-state index is 12.1. The fraction of sp³-hybridized carbons (Fsp3) is 0.308. The fourth-order valence-corrected chi connectivity index (χ4v) is 4.94. The van der Waals surface area contributed by atoms with E-state index in [-0.39, 0.29) is 18.2 Å². The molecular formula is C26H27N3O2S. The van der Waals surface area contributed by atoms with Gasteiger partial charge in [0.25, 0.3) is 0 Å². The predicted molar refractivity (Wildman–Crippen MR) is 130 cm³/mol. The number of carbonyl (C=O) groups excluding carboxylic acids is 1. The number of fused-ring (bicyclic) bond motifs is 1. The lowest BCUT2D eigenvalue weighted by molar-refractivity contribution is 0.213. The Hall–Kier alpha value is -3.30. The van der Waals surface area contributed by atoms with Crippen molar-refractivity contribution in [1.82, 2.24) is 15.2 Å². The topological polar surface area (TPSA) is 54.5 Å². The van der Waals surface area contributed by atoms with Crippen LogP contribution < -0.4 is 10.1 Å². The van der Waals surface area contributed by atoms with Crippen LogP contribution >= 0.6 is 11.3 Å².